The Balaban J connectivity index is 1.89. The Morgan fingerprint density at radius 3 is 2.62 bits per heavy atom. The predicted molar refractivity (Wildman–Crippen MR) is 102 cm³/mol. The first-order valence-electron chi connectivity index (χ1n) is 8.04. The molecule has 0 saturated carbocycles. The second-order valence-corrected chi connectivity index (χ2v) is 7.26. The van der Waals surface area contributed by atoms with Crippen molar-refractivity contribution < 1.29 is 9.90 Å². The second kappa shape index (κ2) is 8.92. The van der Waals surface area contributed by atoms with Gasteiger partial charge in [0.15, 0.2) is 0 Å². The van der Waals surface area contributed by atoms with Crippen molar-refractivity contribution in [2.45, 2.75) is 26.0 Å². The van der Waals surface area contributed by atoms with Crippen molar-refractivity contribution in [3.63, 3.8) is 0 Å². The average molecular weight is 347 g/mol. The highest BCUT2D eigenvalue weighted by atomic mass is 32.2. The topological polar surface area (TPSA) is 87.4 Å². The lowest BCUT2D eigenvalue weighted by atomic mass is 10.1. The highest BCUT2D eigenvalue weighted by Gasteiger charge is 2.23. The van der Waals surface area contributed by atoms with Crippen molar-refractivity contribution in [1.82, 2.24) is 5.43 Å². The Morgan fingerprint density at radius 1 is 1.17 bits per heavy atom. The second-order valence-electron chi connectivity index (χ2n) is 6.18. The van der Waals surface area contributed by atoms with E-state index in [0.29, 0.717) is 11.7 Å². The molecule has 0 spiro atoms. The van der Waals surface area contributed by atoms with E-state index in [1.165, 1.54) is 0 Å². The van der Waals surface area contributed by atoms with Crippen LogP contribution in [0.3, 0.4) is 0 Å². The summed E-state index contributed by atoms with van der Waals surface area (Å²) in [5.74, 6) is 1.53. The molecule has 0 aliphatic rings. The molecule has 6 heteroatoms. The Kier molecular flexibility index (Phi) is 6.90. The summed E-state index contributed by atoms with van der Waals surface area (Å²) in [6.45, 7) is 4.24. The van der Waals surface area contributed by atoms with Crippen molar-refractivity contribution in [2.24, 2.45) is 11.7 Å². The fourth-order valence-electron chi connectivity index (χ4n) is 2.26. The van der Waals surface area contributed by atoms with E-state index in [0.717, 1.165) is 22.2 Å². The highest BCUT2D eigenvalue weighted by Crippen LogP contribution is 2.22. The minimum Gasteiger partial charge on any atom is -0.382 e. The van der Waals surface area contributed by atoms with Gasteiger partial charge in [0.2, 0.25) is 0 Å². The smallest absolute Gasteiger partial charge is 0.268 e. The molecule has 0 aliphatic heterocycles. The number of fused-ring (bicyclic) bond motifs is 1. The van der Waals surface area contributed by atoms with Crippen LogP contribution in [0.15, 0.2) is 42.5 Å². The van der Waals surface area contributed by atoms with Gasteiger partial charge in [-0.2, -0.15) is 11.8 Å². The summed E-state index contributed by atoms with van der Waals surface area (Å²) in [5.41, 5.74) is 12.1. The van der Waals surface area contributed by atoms with Gasteiger partial charge in [0.25, 0.3) is 5.91 Å². The molecule has 2 rings (SSSR count). The lowest BCUT2D eigenvalue weighted by Crippen LogP contribution is -2.49. The maximum Gasteiger partial charge on any atom is 0.268 e. The fourth-order valence-corrected chi connectivity index (χ4v) is 3.32. The number of hydrogen-bond donors (Lipinski definition) is 4. The number of anilines is 1. The van der Waals surface area contributed by atoms with E-state index in [-0.39, 0.29) is 0 Å². The molecule has 5 N–H and O–H groups in total. The van der Waals surface area contributed by atoms with Crippen molar-refractivity contribution in [3.8, 4) is 0 Å². The first-order valence-corrected chi connectivity index (χ1v) is 9.19. The number of hydrogen-bond acceptors (Lipinski definition) is 5. The average Bonchev–Trinajstić information content (AvgIpc) is 2.58. The van der Waals surface area contributed by atoms with E-state index in [9.17, 15) is 9.90 Å². The van der Waals surface area contributed by atoms with Crippen molar-refractivity contribution in [1.29, 1.82) is 0 Å². The van der Waals surface area contributed by atoms with E-state index in [2.05, 4.69) is 24.7 Å². The quantitative estimate of drug-likeness (QED) is 0.551. The number of rotatable bonds is 8. The number of hydrazine groups is 1. The van der Waals surface area contributed by atoms with E-state index in [1.807, 2.05) is 42.5 Å². The number of nitrogens with two attached hydrogens (primary N) is 1. The van der Waals surface area contributed by atoms with Gasteiger partial charge in [-0.15, -0.1) is 0 Å². The minimum absolute atomic E-state index is 0.527. The van der Waals surface area contributed by atoms with Crippen LogP contribution in [0.1, 0.15) is 13.8 Å². The van der Waals surface area contributed by atoms with Gasteiger partial charge in [-0.1, -0.05) is 50.2 Å². The lowest BCUT2D eigenvalue weighted by molar-refractivity contribution is -0.129. The van der Waals surface area contributed by atoms with Crippen LogP contribution in [0.4, 0.5) is 5.69 Å². The van der Waals surface area contributed by atoms with Gasteiger partial charge in [-0.25, -0.2) is 0 Å². The fraction of sp³-hybridized carbons (Fsp3) is 0.389. The Hall–Kier alpha value is -1.76. The van der Waals surface area contributed by atoms with Crippen LogP contribution >= 0.6 is 11.8 Å². The molecule has 5 nitrogen and oxygen atoms in total. The van der Waals surface area contributed by atoms with Crippen LogP contribution in [0.25, 0.3) is 10.8 Å². The normalized spacial score (nSPS) is 13.7. The van der Waals surface area contributed by atoms with Gasteiger partial charge in [0.05, 0.1) is 5.69 Å². The molecule has 2 aromatic rings. The van der Waals surface area contributed by atoms with Crippen LogP contribution < -0.4 is 16.6 Å². The maximum absolute atomic E-state index is 12.1. The summed E-state index contributed by atoms with van der Waals surface area (Å²) in [6.07, 6.45) is -1.24. The molecular formula is C18H25N3O2S. The van der Waals surface area contributed by atoms with E-state index >= 15 is 0 Å². The number of benzene rings is 2. The van der Waals surface area contributed by atoms with Crippen molar-refractivity contribution in [2.75, 3.05) is 16.9 Å². The Labute approximate surface area is 147 Å². The summed E-state index contributed by atoms with van der Waals surface area (Å²) in [4.78, 5) is 12.1. The molecule has 130 valence electrons. The summed E-state index contributed by atoms with van der Waals surface area (Å²) in [6, 6.07) is 13.0. The minimum atomic E-state index is -1.24. The molecule has 0 heterocycles. The number of nitrogens with one attached hydrogen (secondary N) is 2. The van der Waals surface area contributed by atoms with Crippen LogP contribution in [0.5, 0.6) is 0 Å². The first-order chi connectivity index (χ1) is 11.5. The molecule has 2 aromatic carbocycles. The monoisotopic (exact) mass is 347 g/mol. The molecule has 1 amide bonds. The molecule has 0 bridgehead atoms. The number of amides is 1. The maximum atomic E-state index is 12.1. The molecular weight excluding hydrogens is 322 g/mol. The third kappa shape index (κ3) is 5.12. The van der Waals surface area contributed by atoms with Gasteiger partial charge in [-0.3, -0.25) is 15.6 Å². The third-order valence-electron chi connectivity index (χ3n) is 3.55. The van der Waals surface area contributed by atoms with Gasteiger partial charge in [0, 0.05) is 17.2 Å². The SMILES string of the molecule is CC(C)CSC[C@@H](N)C(O)C(=O)NNc1cccc2ccccc12. The highest BCUT2D eigenvalue weighted by molar-refractivity contribution is 7.99. The Morgan fingerprint density at radius 2 is 1.88 bits per heavy atom. The van der Waals surface area contributed by atoms with Gasteiger partial charge in [-0.05, 0) is 23.1 Å². The lowest BCUT2D eigenvalue weighted by Gasteiger charge is -2.19. The van der Waals surface area contributed by atoms with Gasteiger partial charge in [0.1, 0.15) is 6.10 Å². The summed E-state index contributed by atoms with van der Waals surface area (Å²) in [5, 5.41) is 12.1. The molecule has 24 heavy (non-hydrogen) atoms. The predicted octanol–water partition coefficient (Wildman–Crippen LogP) is 2.36. The number of carbonyl (C=O) groups is 1. The van der Waals surface area contributed by atoms with Gasteiger partial charge >= 0.3 is 0 Å². The largest absolute Gasteiger partial charge is 0.382 e. The van der Waals surface area contributed by atoms with Crippen molar-refractivity contribution in [3.05, 3.63) is 42.5 Å². The zero-order valence-corrected chi connectivity index (χ0v) is 14.8. The van der Waals surface area contributed by atoms with Crippen LogP contribution in [-0.2, 0) is 4.79 Å². The zero-order valence-electron chi connectivity index (χ0n) is 14.0. The molecule has 0 aromatic heterocycles. The molecule has 0 radical (unpaired) electrons. The van der Waals surface area contributed by atoms with Crippen molar-refractivity contribution >= 4 is 34.1 Å². The van der Waals surface area contributed by atoms with E-state index in [1.54, 1.807) is 11.8 Å². The van der Waals surface area contributed by atoms with Crippen LogP contribution in [0.2, 0.25) is 0 Å². The number of aliphatic hydroxyl groups excluding tert-OH is 1. The molecule has 0 saturated heterocycles. The summed E-state index contributed by atoms with van der Waals surface area (Å²) in [7, 11) is 0. The number of carbonyl (C=O) groups excluding carboxylic acids is 1. The molecule has 0 aliphatic carbocycles. The van der Waals surface area contributed by atoms with E-state index in [4.69, 9.17) is 5.73 Å². The standard InChI is InChI=1S/C18H25N3O2S/c1-12(2)10-24-11-15(19)17(22)18(23)21-20-16-9-5-7-13-6-3-4-8-14(13)16/h3-9,12,15,17,20,22H,10-11,19H2,1-2H3,(H,21,23)/t15-,17?/m1/s1. The Bertz CT molecular complexity index is 673. The summed E-state index contributed by atoms with van der Waals surface area (Å²) < 4.78 is 0. The van der Waals surface area contributed by atoms with Gasteiger partial charge < -0.3 is 10.8 Å². The summed E-state index contributed by atoms with van der Waals surface area (Å²) >= 11 is 1.65. The first kappa shape index (κ1) is 18.6. The zero-order chi connectivity index (χ0) is 17.5. The number of thioether (sulfide) groups is 1. The molecule has 0 fully saturated rings. The van der Waals surface area contributed by atoms with Crippen LogP contribution in [-0.4, -0.2) is 34.7 Å². The number of aliphatic hydroxyl groups is 1. The third-order valence-corrected chi connectivity index (χ3v) is 5.07. The molecule has 2 atom stereocenters. The van der Waals surface area contributed by atoms with E-state index < -0.39 is 18.1 Å². The van der Waals surface area contributed by atoms with Crippen LogP contribution in [0, 0.1) is 5.92 Å². The molecule has 1 unspecified atom stereocenters.